The van der Waals surface area contributed by atoms with Gasteiger partial charge in [-0.2, -0.15) is 0 Å². The molecule has 2 atom stereocenters. The van der Waals surface area contributed by atoms with Gasteiger partial charge in [-0.1, -0.05) is 18.2 Å². The highest BCUT2D eigenvalue weighted by Crippen LogP contribution is 2.17. The third-order valence-corrected chi connectivity index (χ3v) is 3.66. The summed E-state index contributed by atoms with van der Waals surface area (Å²) in [6.45, 7) is 3.19. The SMILES string of the molecule is COC1CCN(CC(O)COc2ccccc2CN)C1. The van der Waals surface area contributed by atoms with Gasteiger partial charge < -0.3 is 20.3 Å². The number of likely N-dealkylation sites (tertiary alicyclic amines) is 1. The zero-order valence-electron chi connectivity index (χ0n) is 12.0. The molecule has 0 radical (unpaired) electrons. The standard InChI is InChI=1S/C15H24N2O3/c1-19-14-6-7-17(10-14)9-13(18)11-20-15-5-3-2-4-12(15)8-16/h2-5,13-14,18H,6-11,16H2,1H3. The zero-order valence-corrected chi connectivity index (χ0v) is 12.0. The van der Waals surface area contributed by atoms with Crippen LogP contribution in [0.15, 0.2) is 24.3 Å². The molecular formula is C15H24N2O3. The first-order valence-corrected chi connectivity index (χ1v) is 7.07. The highest BCUT2D eigenvalue weighted by molar-refractivity contribution is 5.32. The fraction of sp³-hybridized carbons (Fsp3) is 0.600. The quantitative estimate of drug-likeness (QED) is 0.766. The maximum absolute atomic E-state index is 10.1. The molecule has 0 saturated carbocycles. The Hall–Kier alpha value is -1.14. The van der Waals surface area contributed by atoms with E-state index < -0.39 is 6.10 Å². The van der Waals surface area contributed by atoms with Crippen LogP contribution >= 0.6 is 0 Å². The van der Waals surface area contributed by atoms with Gasteiger partial charge in [-0.05, 0) is 12.5 Å². The molecule has 5 heteroatoms. The summed E-state index contributed by atoms with van der Waals surface area (Å²) >= 11 is 0. The van der Waals surface area contributed by atoms with Gasteiger partial charge in [0, 0.05) is 38.9 Å². The largest absolute Gasteiger partial charge is 0.491 e. The lowest BCUT2D eigenvalue weighted by atomic mass is 10.2. The van der Waals surface area contributed by atoms with Gasteiger partial charge in [-0.15, -0.1) is 0 Å². The van der Waals surface area contributed by atoms with Gasteiger partial charge in [0.2, 0.25) is 0 Å². The number of ether oxygens (including phenoxy) is 2. The molecule has 1 heterocycles. The van der Waals surface area contributed by atoms with Crippen molar-refractivity contribution in [3.63, 3.8) is 0 Å². The number of rotatable bonds is 7. The topological polar surface area (TPSA) is 68.0 Å². The Morgan fingerprint density at radius 3 is 2.95 bits per heavy atom. The lowest BCUT2D eigenvalue weighted by Gasteiger charge is -2.20. The first-order valence-electron chi connectivity index (χ1n) is 7.07. The Morgan fingerprint density at radius 2 is 2.25 bits per heavy atom. The summed E-state index contributed by atoms with van der Waals surface area (Å²) in [6.07, 6.45) is 0.817. The molecule has 2 rings (SSSR count). The van der Waals surface area contributed by atoms with Crippen LogP contribution in [0.25, 0.3) is 0 Å². The Labute approximate surface area is 120 Å². The van der Waals surface area contributed by atoms with Crippen LogP contribution in [-0.2, 0) is 11.3 Å². The van der Waals surface area contributed by atoms with Gasteiger partial charge in [-0.3, -0.25) is 4.90 Å². The molecule has 1 saturated heterocycles. The number of aliphatic hydroxyl groups is 1. The van der Waals surface area contributed by atoms with Crippen molar-refractivity contribution in [1.82, 2.24) is 4.90 Å². The van der Waals surface area contributed by atoms with Crippen molar-refractivity contribution >= 4 is 0 Å². The van der Waals surface area contributed by atoms with Crippen LogP contribution in [0, 0.1) is 0 Å². The summed E-state index contributed by atoms with van der Waals surface area (Å²) in [4.78, 5) is 2.21. The molecule has 0 amide bonds. The fourth-order valence-corrected chi connectivity index (χ4v) is 2.51. The van der Waals surface area contributed by atoms with Crippen molar-refractivity contribution in [3.8, 4) is 5.75 Å². The van der Waals surface area contributed by atoms with Gasteiger partial charge in [0.1, 0.15) is 18.5 Å². The second-order valence-corrected chi connectivity index (χ2v) is 5.18. The van der Waals surface area contributed by atoms with Gasteiger partial charge >= 0.3 is 0 Å². The molecule has 0 spiro atoms. The lowest BCUT2D eigenvalue weighted by molar-refractivity contribution is 0.0639. The van der Waals surface area contributed by atoms with E-state index in [-0.39, 0.29) is 6.61 Å². The van der Waals surface area contributed by atoms with Crippen LogP contribution in [0.5, 0.6) is 5.75 Å². The Morgan fingerprint density at radius 1 is 1.45 bits per heavy atom. The van der Waals surface area contributed by atoms with Crippen molar-refractivity contribution in [1.29, 1.82) is 0 Å². The van der Waals surface area contributed by atoms with E-state index in [2.05, 4.69) is 4.90 Å². The average Bonchev–Trinajstić information content (AvgIpc) is 2.93. The van der Waals surface area contributed by atoms with Crippen molar-refractivity contribution in [2.24, 2.45) is 5.73 Å². The number of nitrogens with two attached hydrogens (primary N) is 1. The maximum Gasteiger partial charge on any atom is 0.123 e. The smallest absolute Gasteiger partial charge is 0.123 e. The van der Waals surface area contributed by atoms with Crippen LogP contribution in [0.2, 0.25) is 0 Å². The van der Waals surface area contributed by atoms with Crippen LogP contribution in [0.1, 0.15) is 12.0 Å². The summed E-state index contributed by atoms with van der Waals surface area (Å²) in [6, 6.07) is 7.65. The molecule has 1 fully saturated rings. The molecule has 1 aliphatic rings. The van der Waals surface area contributed by atoms with E-state index in [1.54, 1.807) is 7.11 Å². The summed E-state index contributed by atoms with van der Waals surface area (Å²) in [5, 5.41) is 10.1. The van der Waals surface area contributed by atoms with Crippen molar-refractivity contribution in [3.05, 3.63) is 29.8 Å². The number of aliphatic hydroxyl groups excluding tert-OH is 1. The molecule has 1 aromatic rings. The van der Waals surface area contributed by atoms with Crippen LogP contribution in [0.3, 0.4) is 0 Å². The summed E-state index contributed by atoms with van der Waals surface area (Å²) in [7, 11) is 1.73. The van der Waals surface area contributed by atoms with E-state index in [0.717, 1.165) is 30.8 Å². The van der Waals surface area contributed by atoms with E-state index in [0.29, 0.717) is 19.2 Å². The van der Waals surface area contributed by atoms with Crippen molar-refractivity contribution in [2.75, 3.05) is 33.4 Å². The minimum absolute atomic E-state index is 0.283. The molecule has 112 valence electrons. The molecule has 5 nitrogen and oxygen atoms in total. The monoisotopic (exact) mass is 280 g/mol. The van der Waals surface area contributed by atoms with Gasteiger partial charge in [-0.25, -0.2) is 0 Å². The second-order valence-electron chi connectivity index (χ2n) is 5.18. The van der Waals surface area contributed by atoms with Crippen LogP contribution in [-0.4, -0.2) is 55.6 Å². The predicted molar refractivity (Wildman–Crippen MR) is 77.7 cm³/mol. The predicted octanol–water partition coefficient (Wildman–Crippen LogP) is 0.606. The minimum atomic E-state index is -0.503. The first-order chi connectivity index (χ1) is 9.72. The molecule has 3 N–H and O–H groups in total. The summed E-state index contributed by atoms with van der Waals surface area (Å²) in [5.74, 6) is 0.755. The van der Waals surface area contributed by atoms with Gasteiger partial charge in [0.15, 0.2) is 0 Å². The van der Waals surface area contributed by atoms with E-state index in [1.165, 1.54) is 0 Å². The van der Waals surface area contributed by atoms with E-state index in [9.17, 15) is 5.11 Å². The number of β-amino-alcohol motifs (C(OH)–C–C–N with tert-alkyl or cyclic N) is 1. The molecule has 0 aliphatic carbocycles. The molecule has 2 unspecified atom stereocenters. The Balaban J connectivity index is 1.76. The van der Waals surface area contributed by atoms with Gasteiger partial charge in [0.25, 0.3) is 0 Å². The molecule has 20 heavy (non-hydrogen) atoms. The fourth-order valence-electron chi connectivity index (χ4n) is 2.51. The van der Waals surface area contributed by atoms with Crippen molar-refractivity contribution in [2.45, 2.75) is 25.2 Å². The number of nitrogens with zero attached hydrogens (tertiary/aromatic N) is 1. The normalized spacial score (nSPS) is 21.1. The third kappa shape index (κ3) is 4.18. The molecule has 1 aliphatic heterocycles. The van der Waals surface area contributed by atoms with E-state index >= 15 is 0 Å². The number of benzene rings is 1. The maximum atomic E-state index is 10.1. The number of hydrogen-bond donors (Lipinski definition) is 2. The molecule has 0 bridgehead atoms. The Bertz CT molecular complexity index is 414. The first kappa shape index (κ1) is 15.3. The highest BCUT2D eigenvalue weighted by Gasteiger charge is 2.23. The lowest BCUT2D eigenvalue weighted by Crippen LogP contribution is -2.35. The second kappa shape index (κ2) is 7.59. The van der Waals surface area contributed by atoms with Gasteiger partial charge in [0.05, 0.1) is 6.10 Å². The average molecular weight is 280 g/mol. The molecule has 0 aromatic heterocycles. The highest BCUT2D eigenvalue weighted by atomic mass is 16.5. The number of hydrogen-bond acceptors (Lipinski definition) is 5. The van der Waals surface area contributed by atoms with Crippen molar-refractivity contribution < 1.29 is 14.6 Å². The molecule has 1 aromatic carbocycles. The number of methoxy groups -OCH3 is 1. The third-order valence-electron chi connectivity index (χ3n) is 3.66. The minimum Gasteiger partial charge on any atom is -0.491 e. The zero-order chi connectivity index (χ0) is 14.4. The number of para-hydroxylation sites is 1. The summed E-state index contributed by atoms with van der Waals surface area (Å²) in [5.41, 5.74) is 6.61. The van der Waals surface area contributed by atoms with E-state index in [1.807, 2.05) is 24.3 Å². The van der Waals surface area contributed by atoms with Crippen LogP contribution in [0.4, 0.5) is 0 Å². The molecular weight excluding hydrogens is 256 g/mol. The summed E-state index contributed by atoms with van der Waals surface area (Å²) < 4.78 is 11.0. The van der Waals surface area contributed by atoms with Crippen LogP contribution < -0.4 is 10.5 Å². The van der Waals surface area contributed by atoms with E-state index in [4.69, 9.17) is 15.2 Å². The Kier molecular flexibility index (Phi) is 5.79.